The van der Waals surface area contributed by atoms with Crippen LogP contribution < -0.4 is 10.1 Å². The van der Waals surface area contributed by atoms with Gasteiger partial charge in [0.25, 0.3) is 0 Å². The lowest BCUT2D eigenvalue weighted by molar-refractivity contribution is -0.133. The lowest BCUT2D eigenvalue weighted by Crippen LogP contribution is -2.32. The first-order valence-electron chi connectivity index (χ1n) is 9.80. The zero-order valence-electron chi connectivity index (χ0n) is 17.0. The molecule has 1 N–H and O–H groups in total. The molecule has 9 heteroatoms. The number of amides is 1. The van der Waals surface area contributed by atoms with E-state index in [9.17, 15) is 4.79 Å². The van der Waals surface area contributed by atoms with E-state index >= 15 is 0 Å². The number of ether oxygens (including phenoxy) is 1. The second-order valence-corrected chi connectivity index (χ2v) is 8.74. The maximum absolute atomic E-state index is 12.5. The minimum Gasteiger partial charge on any atom is -0.493 e. The van der Waals surface area contributed by atoms with Gasteiger partial charge in [0.15, 0.2) is 5.75 Å². The summed E-state index contributed by atoms with van der Waals surface area (Å²) in [6.07, 6.45) is 7.63. The van der Waals surface area contributed by atoms with Gasteiger partial charge in [0, 0.05) is 31.1 Å². The second-order valence-electron chi connectivity index (χ2n) is 7.66. The fourth-order valence-electron chi connectivity index (χ4n) is 4.12. The highest BCUT2D eigenvalue weighted by Crippen LogP contribution is 2.41. The average Bonchev–Trinajstić information content (AvgIpc) is 3.35. The summed E-state index contributed by atoms with van der Waals surface area (Å²) in [7, 11) is 5.28. The molecular weight excluding hydrogens is 400 g/mol. The summed E-state index contributed by atoms with van der Waals surface area (Å²) in [6, 6.07) is 3.93. The first-order valence-corrected chi connectivity index (χ1v) is 10.6. The molecule has 0 unspecified atom stereocenters. The predicted octanol–water partition coefficient (Wildman–Crippen LogP) is 3.28. The van der Waals surface area contributed by atoms with Crippen LogP contribution in [0, 0.1) is 5.92 Å². The van der Waals surface area contributed by atoms with Gasteiger partial charge >= 0.3 is 0 Å². The van der Waals surface area contributed by atoms with Crippen LogP contribution in [-0.4, -0.2) is 51.6 Å². The lowest BCUT2D eigenvalue weighted by atomic mass is 9.87. The number of aromatic nitrogens is 4. The summed E-state index contributed by atoms with van der Waals surface area (Å²) in [5.74, 6) is 1.67. The standard InChI is InChI=1S/C21H22N6O2S/c1-26(2)21(28)12-4-5-14-17(8-12)30-20-18(14)19(22-11-23-20)25-15-9-13-6-7-24-27(13)10-16(15)29-3/h6-7,9-12H,4-5,8H2,1-3H3,(H,22,23,25)/t12-/m0/s1. The number of carbonyl (C=O) groups is 1. The molecular formula is C21H22N6O2S. The topological polar surface area (TPSA) is 84.6 Å². The molecule has 1 aliphatic carbocycles. The van der Waals surface area contributed by atoms with Crippen LogP contribution >= 0.6 is 11.3 Å². The molecule has 0 radical (unpaired) electrons. The number of nitrogens with one attached hydrogen (secondary N) is 1. The average molecular weight is 423 g/mol. The fourth-order valence-corrected chi connectivity index (χ4v) is 5.38. The Morgan fingerprint density at radius 2 is 2.23 bits per heavy atom. The fraction of sp³-hybridized carbons (Fsp3) is 0.333. The van der Waals surface area contributed by atoms with Crippen molar-refractivity contribution in [2.24, 2.45) is 5.92 Å². The number of hydrogen-bond acceptors (Lipinski definition) is 7. The van der Waals surface area contributed by atoms with Crippen molar-refractivity contribution >= 4 is 44.5 Å². The van der Waals surface area contributed by atoms with Gasteiger partial charge in [-0.15, -0.1) is 11.3 Å². The summed E-state index contributed by atoms with van der Waals surface area (Å²) in [4.78, 5) is 25.4. The summed E-state index contributed by atoms with van der Waals surface area (Å²) >= 11 is 1.66. The number of aryl methyl sites for hydroxylation is 1. The first-order chi connectivity index (χ1) is 14.5. The van der Waals surface area contributed by atoms with Crippen LogP contribution in [0.2, 0.25) is 0 Å². The van der Waals surface area contributed by atoms with Crippen molar-refractivity contribution in [3.8, 4) is 5.75 Å². The normalized spacial score (nSPS) is 15.9. The molecule has 154 valence electrons. The van der Waals surface area contributed by atoms with E-state index in [1.165, 1.54) is 10.4 Å². The molecule has 0 spiro atoms. The molecule has 8 nitrogen and oxygen atoms in total. The lowest BCUT2D eigenvalue weighted by Gasteiger charge is -2.24. The van der Waals surface area contributed by atoms with E-state index in [0.717, 1.165) is 46.5 Å². The van der Waals surface area contributed by atoms with Crippen LogP contribution in [0.25, 0.3) is 15.7 Å². The molecule has 0 fully saturated rings. The quantitative estimate of drug-likeness (QED) is 0.543. The van der Waals surface area contributed by atoms with Gasteiger partial charge in [-0.1, -0.05) is 0 Å². The molecule has 0 saturated heterocycles. The van der Waals surface area contributed by atoms with Gasteiger partial charge in [0.05, 0.1) is 29.9 Å². The molecule has 1 amide bonds. The van der Waals surface area contributed by atoms with E-state index in [1.807, 2.05) is 32.4 Å². The second kappa shape index (κ2) is 7.24. The Balaban J connectivity index is 1.55. The van der Waals surface area contributed by atoms with E-state index < -0.39 is 0 Å². The predicted molar refractivity (Wildman–Crippen MR) is 117 cm³/mol. The van der Waals surface area contributed by atoms with Crippen molar-refractivity contribution in [1.82, 2.24) is 24.5 Å². The molecule has 4 aromatic heterocycles. The molecule has 5 rings (SSSR count). The molecule has 1 atom stereocenters. The summed E-state index contributed by atoms with van der Waals surface area (Å²) in [5.41, 5.74) is 3.04. The van der Waals surface area contributed by atoms with Gasteiger partial charge in [-0.25, -0.2) is 14.5 Å². The van der Waals surface area contributed by atoms with Crippen LogP contribution in [0.4, 0.5) is 11.5 Å². The van der Waals surface area contributed by atoms with Crippen LogP contribution in [0.15, 0.2) is 30.9 Å². The minimum absolute atomic E-state index is 0.0364. The van der Waals surface area contributed by atoms with E-state index in [-0.39, 0.29) is 11.8 Å². The number of anilines is 2. The van der Waals surface area contributed by atoms with Crippen LogP contribution in [0.1, 0.15) is 16.9 Å². The van der Waals surface area contributed by atoms with E-state index in [4.69, 9.17) is 4.74 Å². The molecule has 1 aliphatic rings. The Morgan fingerprint density at radius 3 is 3.03 bits per heavy atom. The van der Waals surface area contributed by atoms with E-state index in [0.29, 0.717) is 5.75 Å². The van der Waals surface area contributed by atoms with E-state index in [2.05, 4.69) is 20.4 Å². The molecule has 0 aliphatic heterocycles. The summed E-state index contributed by atoms with van der Waals surface area (Å²) in [5, 5.41) is 8.76. The monoisotopic (exact) mass is 422 g/mol. The zero-order valence-corrected chi connectivity index (χ0v) is 17.9. The van der Waals surface area contributed by atoms with Crippen molar-refractivity contribution in [2.45, 2.75) is 19.3 Å². The minimum atomic E-state index is 0.0364. The third-order valence-electron chi connectivity index (χ3n) is 5.61. The maximum Gasteiger partial charge on any atom is 0.225 e. The van der Waals surface area contributed by atoms with E-state index in [1.54, 1.807) is 40.4 Å². The number of thiophene rings is 1. The van der Waals surface area contributed by atoms with Crippen molar-refractivity contribution in [1.29, 1.82) is 0 Å². The van der Waals surface area contributed by atoms with Crippen LogP contribution in [0.3, 0.4) is 0 Å². The SMILES string of the molecule is COc1cn2nccc2cc1Nc1ncnc2sc3c(c12)CC[C@H](C(=O)N(C)C)C3. The van der Waals surface area contributed by atoms with Gasteiger partial charge in [0.1, 0.15) is 17.0 Å². The number of rotatable bonds is 4. The van der Waals surface area contributed by atoms with Gasteiger partial charge < -0.3 is 15.0 Å². The van der Waals surface area contributed by atoms with Crippen LogP contribution in [0.5, 0.6) is 5.75 Å². The number of carbonyl (C=O) groups excluding carboxylic acids is 1. The highest BCUT2D eigenvalue weighted by atomic mass is 32.1. The third kappa shape index (κ3) is 3.06. The smallest absolute Gasteiger partial charge is 0.225 e. The largest absolute Gasteiger partial charge is 0.493 e. The van der Waals surface area contributed by atoms with Gasteiger partial charge in [-0.3, -0.25) is 4.79 Å². The summed E-state index contributed by atoms with van der Waals surface area (Å²) in [6.45, 7) is 0. The van der Waals surface area contributed by atoms with Crippen LogP contribution in [-0.2, 0) is 17.6 Å². The Bertz CT molecular complexity index is 1260. The molecule has 4 aromatic rings. The Hall–Kier alpha value is -3.20. The zero-order chi connectivity index (χ0) is 20.8. The number of fused-ring (bicyclic) bond motifs is 4. The highest BCUT2D eigenvalue weighted by molar-refractivity contribution is 7.19. The molecule has 30 heavy (non-hydrogen) atoms. The van der Waals surface area contributed by atoms with Gasteiger partial charge in [0.2, 0.25) is 5.91 Å². The molecule has 4 heterocycles. The highest BCUT2D eigenvalue weighted by Gasteiger charge is 2.30. The number of pyridine rings is 1. The first kappa shape index (κ1) is 18.8. The molecule has 0 bridgehead atoms. The van der Waals surface area contributed by atoms with Crippen molar-refractivity contribution in [2.75, 3.05) is 26.5 Å². The number of hydrogen-bond donors (Lipinski definition) is 1. The van der Waals surface area contributed by atoms with Gasteiger partial charge in [-0.2, -0.15) is 5.10 Å². The third-order valence-corrected chi connectivity index (χ3v) is 6.77. The number of methoxy groups -OCH3 is 1. The van der Waals surface area contributed by atoms with Gasteiger partial charge in [-0.05, 0) is 37.0 Å². The van der Waals surface area contributed by atoms with Crippen molar-refractivity contribution in [3.05, 3.63) is 41.3 Å². The molecule has 0 saturated carbocycles. The number of nitrogens with zero attached hydrogens (tertiary/aromatic N) is 5. The molecule has 0 aromatic carbocycles. The Labute approximate surface area is 177 Å². The van der Waals surface area contributed by atoms with Crippen molar-refractivity contribution in [3.63, 3.8) is 0 Å². The maximum atomic E-state index is 12.5. The Kier molecular flexibility index (Phi) is 4.54. The summed E-state index contributed by atoms with van der Waals surface area (Å²) < 4.78 is 7.33. The van der Waals surface area contributed by atoms with Crippen molar-refractivity contribution < 1.29 is 9.53 Å². The Morgan fingerprint density at radius 1 is 1.37 bits per heavy atom.